The SMILES string of the molecule is c1csc(C(Nc2ccc3c(c2)CCC3)c2cccs2)c1. The molecule has 0 fully saturated rings. The molecule has 0 bridgehead atoms. The van der Waals surface area contributed by atoms with Gasteiger partial charge < -0.3 is 5.32 Å². The summed E-state index contributed by atoms with van der Waals surface area (Å²) in [5.74, 6) is 0. The first-order chi connectivity index (χ1) is 10.4. The van der Waals surface area contributed by atoms with E-state index in [4.69, 9.17) is 0 Å². The van der Waals surface area contributed by atoms with Crippen LogP contribution in [0.4, 0.5) is 5.69 Å². The molecule has 4 rings (SSSR count). The Morgan fingerprint density at radius 2 is 1.57 bits per heavy atom. The zero-order chi connectivity index (χ0) is 14.1. The van der Waals surface area contributed by atoms with Crippen LogP contribution in [0.2, 0.25) is 0 Å². The maximum Gasteiger partial charge on any atom is 0.0953 e. The maximum atomic E-state index is 3.73. The van der Waals surface area contributed by atoms with E-state index in [2.05, 4.69) is 58.5 Å². The zero-order valence-electron chi connectivity index (χ0n) is 11.7. The van der Waals surface area contributed by atoms with Gasteiger partial charge in [-0.3, -0.25) is 0 Å². The predicted octanol–water partition coefficient (Wildman–Crippen LogP) is 5.50. The molecule has 0 saturated heterocycles. The van der Waals surface area contributed by atoms with Gasteiger partial charge in [0.05, 0.1) is 6.04 Å². The van der Waals surface area contributed by atoms with Crippen LogP contribution in [0, 0.1) is 0 Å². The van der Waals surface area contributed by atoms with Gasteiger partial charge in [0.2, 0.25) is 0 Å². The number of aryl methyl sites for hydroxylation is 2. The number of hydrogen-bond donors (Lipinski definition) is 1. The summed E-state index contributed by atoms with van der Waals surface area (Å²) in [7, 11) is 0. The second kappa shape index (κ2) is 5.66. The van der Waals surface area contributed by atoms with Gasteiger partial charge in [0.1, 0.15) is 0 Å². The van der Waals surface area contributed by atoms with Gasteiger partial charge in [-0.05, 0) is 65.4 Å². The Morgan fingerprint density at radius 1 is 0.857 bits per heavy atom. The normalized spacial score (nSPS) is 13.6. The van der Waals surface area contributed by atoms with Crippen LogP contribution in [0.3, 0.4) is 0 Å². The van der Waals surface area contributed by atoms with Crippen LogP contribution in [0.5, 0.6) is 0 Å². The van der Waals surface area contributed by atoms with E-state index in [1.165, 1.54) is 45.8 Å². The molecule has 21 heavy (non-hydrogen) atoms. The summed E-state index contributed by atoms with van der Waals surface area (Å²) < 4.78 is 0. The lowest BCUT2D eigenvalue weighted by molar-refractivity contribution is 0.911. The molecule has 0 radical (unpaired) electrons. The van der Waals surface area contributed by atoms with Gasteiger partial charge >= 0.3 is 0 Å². The van der Waals surface area contributed by atoms with Gasteiger partial charge in [0.15, 0.2) is 0 Å². The highest BCUT2D eigenvalue weighted by atomic mass is 32.1. The average molecular weight is 311 g/mol. The molecule has 1 aliphatic rings. The fraction of sp³-hybridized carbons (Fsp3) is 0.222. The number of hydrogen-bond acceptors (Lipinski definition) is 3. The topological polar surface area (TPSA) is 12.0 Å². The van der Waals surface area contributed by atoms with Crippen molar-refractivity contribution < 1.29 is 0 Å². The summed E-state index contributed by atoms with van der Waals surface area (Å²) in [6, 6.07) is 15.8. The van der Waals surface area contributed by atoms with E-state index in [0.717, 1.165) is 0 Å². The van der Waals surface area contributed by atoms with E-state index < -0.39 is 0 Å². The minimum absolute atomic E-state index is 0.268. The first-order valence-electron chi connectivity index (χ1n) is 7.35. The molecule has 106 valence electrons. The molecule has 1 nitrogen and oxygen atoms in total. The molecule has 1 N–H and O–H groups in total. The van der Waals surface area contributed by atoms with Crippen LogP contribution in [-0.2, 0) is 12.8 Å². The van der Waals surface area contributed by atoms with Crippen molar-refractivity contribution in [3.05, 3.63) is 74.1 Å². The quantitative estimate of drug-likeness (QED) is 0.671. The third-order valence-corrected chi connectivity index (χ3v) is 5.94. The Morgan fingerprint density at radius 3 is 2.24 bits per heavy atom. The highest BCUT2D eigenvalue weighted by molar-refractivity contribution is 7.11. The van der Waals surface area contributed by atoms with Crippen molar-refractivity contribution in [1.29, 1.82) is 0 Å². The average Bonchev–Trinajstić information content (AvgIpc) is 3.24. The van der Waals surface area contributed by atoms with E-state index >= 15 is 0 Å². The summed E-state index contributed by atoms with van der Waals surface area (Å²) in [6.07, 6.45) is 3.78. The fourth-order valence-electron chi connectivity index (χ4n) is 3.02. The van der Waals surface area contributed by atoms with E-state index in [-0.39, 0.29) is 6.04 Å². The highest BCUT2D eigenvalue weighted by Crippen LogP contribution is 2.33. The van der Waals surface area contributed by atoms with Crippen molar-refractivity contribution in [2.24, 2.45) is 0 Å². The summed E-state index contributed by atoms with van der Waals surface area (Å²) in [6.45, 7) is 0. The third-order valence-electron chi connectivity index (χ3n) is 4.06. The van der Waals surface area contributed by atoms with Gasteiger partial charge in [-0.1, -0.05) is 18.2 Å². The first kappa shape index (κ1) is 13.1. The van der Waals surface area contributed by atoms with Gasteiger partial charge in [-0.15, -0.1) is 22.7 Å². The highest BCUT2D eigenvalue weighted by Gasteiger charge is 2.17. The third kappa shape index (κ3) is 2.63. The number of benzene rings is 1. The minimum Gasteiger partial charge on any atom is -0.373 e. The molecule has 0 atom stereocenters. The Bertz CT molecular complexity index is 680. The number of nitrogens with one attached hydrogen (secondary N) is 1. The lowest BCUT2D eigenvalue weighted by Gasteiger charge is -2.18. The smallest absolute Gasteiger partial charge is 0.0953 e. The van der Waals surface area contributed by atoms with Crippen molar-refractivity contribution >= 4 is 28.4 Å². The molecule has 0 aliphatic heterocycles. The molecule has 0 saturated carbocycles. The molecule has 3 heteroatoms. The molecule has 0 spiro atoms. The molecular formula is C18H17NS2. The van der Waals surface area contributed by atoms with Crippen LogP contribution in [0.1, 0.15) is 33.3 Å². The van der Waals surface area contributed by atoms with Crippen LogP contribution >= 0.6 is 22.7 Å². The molecule has 2 aromatic heterocycles. The predicted molar refractivity (Wildman–Crippen MR) is 92.6 cm³/mol. The zero-order valence-corrected chi connectivity index (χ0v) is 13.3. The van der Waals surface area contributed by atoms with E-state index in [9.17, 15) is 0 Å². The first-order valence-corrected chi connectivity index (χ1v) is 9.11. The van der Waals surface area contributed by atoms with Crippen molar-refractivity contribution in [2.45, 2.75) is 25.3 Å². The molecule has 1 aromatic carbocycles. The standard InChI is InChI=1S/C18H17NS2/c1-4-13-8-9-15(12-14(13)5-1)19-18(16-6-2-10-20-16)17-7-3-11-21-17/h2-3,6-12,18-19H,1,4-5H2. The Kier molecular flexibility index (Phi) is 3.53. The van der Waals surface area contributed by atoms with Crippen LogP contribution in [0.15, 0.2) is 53.2 Å². The number of anilines is 1. The van der Waals surface area contributed by atoms with Crippen LogP contribution in [0.25, 0.3) is 0 Å². The Hall–Kier alpha value is -1.58. The summed E-state index contributed by atoms with van der Waals surface area (Å²) >= 11 is 3.64. The summed E-state index contributed by atoms with van der Waals surface area (Å²) in [5.41, 5.74) is 4.29. The second-order valence-corrected chi connectivity index (χ2v) is 7.40. The molecule has 2 heterocycles. The molecular weight excluding hydrogens is 294 g/mol. The molecule has 0 unspecified atom stereocenters. The van der Waals surface area contributed by atoms with E-state index in [1.54, 1.807) is 0 Å². The van der Waals surface area contributed by atoms with E-state index in [1.807, 2.05) is 22.7 Å². The monoisotopic (exact) mass is 311 g/mol. The van der Waals surface area contributed by atoms with Gasteiger partial charge in [0.25, 0.3) is 0 Å². The van der Waals surface area contributed by atoms with Crippen LogP contribution < -0.4 is 5.32 Å². The second-order valence-electron chi connectivity index (χ2n) is 5.45. The van der Waals surface area contributed by atoms with Crippen LogP contribution in [-0.4, -0.2) is 0 Å². The Labute approximate surface area is 133 Å². The largest absolute Gasteiger partial charge is 0.373 e. The van der Waals surface area contributed by atoms with Gasteiger partial charge in [0, 0.05) is 15.4 Å². The minimum atomic E-state index is 0.268. The molecule has 3 aromatic rings. The summed E-state index contributed by atoms with van der Waals surface area (Å²) in [5, 5.41) is 8.04. The van der Waals surface area contributed by atoms with Gasteiger partial charge in [-0.2, -0.15) is 0 Å². The van der Waals surface area contributed by atoms with Gasteiger partial charge in [-0.25, -0.2) is 0 Å². The molecule has 1 aliphatic carbocycles. The maximum absolute atomic E-state index is 3.73. The van der Waals surface area contributed by atoms with E-state index in [0.29, 0.717) is 0 Å². The van der Waals surface area contributed by atoms with Crippen molar-refractivity contribution in [3.8, 4) is 0 Å². The molecule has 0 amide bonds. The van der Waals surface area contributed by atoms with Crippen molar-refractivity contribution in [3.63, 3.8) is 0 Å². The lowest BCUT2D eigenvalue weighted by atomic mass is 10.1. The van der Waals surface area contributed by atoms with Crippen molar-refractivity contribution in [1.82, 2.24) is 0 Å². The number of thiophene rings is 2. The van der Waals surface area contributed by atoms with Crippen molar-refractivity contribution in [2.75, 3.05) is 5.32 Å². The Balaban J connectivity index is 1.66. The number of fused-ring (bicyclic) bond motifs is 1. The fourth-order valence-corrected chi connectivity index (χ4v) is 4.68. The number of rotatable bonds is 4. The lowest BCUT2D eigenvalue weighted by Crippen LogP contribution is -2.09. The summed E-state index contributed by atoms with van der Waals surface area (Å²) in [4.78, 5) is 2.75.